The lowest BCUT2D eigenvalue weighted by Gasteiger charge is -2.07. The minimum absolute atomic E-state index is 0.134. The summed E-state index contributed by atoms with van der Waals surface area (Å²) in [6.07, 6.45) is 1.27. The van der Waals surface area contributed by atoms with E-state index in [9.17, 15) is 9.59 Å². The Hall–Kier alpha value is -1.79. The molecule has 0 unspecified atom stereocenters. The topological polar surface area (TPSA) is 70.6 Å². The third-order valence-electron chi connectivity index (χ3n) is 2.76. The molecule has 0 aliphatic carbocycles. The van der Waals surface area contributed by atoms with Crippen molar-refractivity contribution in [2.75, 3.05) is 5.32 Å². The number of rotatable bonds is 3. The van der Waals surface area contributed by atoms with E-state index in [-0.39, 0.29) is 20.8 Å². The molecule has 2 aromatic rings. The predicted octanol–water partition coefficient (Wildman–Crippen LogP) is 4.39. The predicted molar refractivity (Wildman–Crippen MR) is 97.3 cm³/mol. The van der Waals surface area contributed by atoms with Gasteiger partial charge in [0.05, 0.1) is 32.0 Å². The molecule has 2 aromatic carbocycles. The van der Waals surface area contributed by atoms with E-state index in [0.29, 0.717) is 10.6 Å². The molecule has 0 bridgehead atoms. The lowest BCUT2D eigenvalue weighted by Crippen LogP contribution is -2.32. The maximum absolute atomic E-state index is 11.8. The Morgan fingerprint density at radius 3 is 2.21 bits per heavy atom. The summed E-state index contributed by atoms with van der Waals surface area (Å²) in [5, 5.41) is 7.01. The quantitative estimate of drug-likeness (QED) is 0.452. The van der Waals surface area contributed by atoms with Crippen LogP contribution in [0, 0.1) is 0 Å². The Labute approximate surface area is 157 Å². The zero-order valence-corrected chi connectivity index (χ0v) is 14.8. The maximum Gasteiger partial charge on any atom is 0.329 e. The van der Waals surface area contributed by atoms with Crippen molar-refractivity contribution in [2.24, 2.45) is 5.10 Å². The molecule has 2 rings (SSSR count). The van der Waals surface area contributed by atoms with Gasteiger partial charge in [-0.2, -0.15) is 5.10 Å². The van der Waals surface area contributed by atoms with Crippen LogP contribution in [0.15, 0.2) is 41.5 Å². The number of anilines is 1. The highest BCUT2D eigenvalue weighted by atomic mass is 35.5. The molecule has 24 heavy (non-hydrogen) atoms. The third kappa shape index (κ3) is 4.61. The molecule has 0 spiro atoms. The molecule has 0 heterocycles. The first kappa shape index (κ1) is 18.5. The molecule has 5 nitrogen and oxygen atoms in total. The average molecular weight is 405 g/mol. The minimum Gasteiger partial charge on any atom is -0.316 e. The fourth-order valence-electron chi connectivity index (χ4n) is 1.61. The number of carbonyl (C=O) groups excluding carboxylic acids is 2. The van der Waals surface area contributed by atoms with Crippen molar-refractivity contribution in [1.82, 2.24) is 5.43 Å². The maximum atomic E-state index is 11.8. The first-order chi connectivity index (χ1) is 11.4. The summed E-state index contributed by atoms with van der Waals surface area (Å²) in [7, 11) is 0. The van der Waals surface area contributed by atoms with Gasteiger partial charge in [-0.3, -0.25) is 9.59 Å². The minimum atomic E-state index is -0.986. The smallest absolute Gasteiger partial charge is 0.316 e. The standard InChI is InChI=1S/C15H9Cl4N3O2/c16-9-4-1-3-8(12(9)18)7-20-22-15(24)14(23)21-11-6-2-5-10(17)13(11)19/h1-7H,(H,21,23)(H,22,24)/b20-7-. The summed E-state index contributed by atoms with van der Waals surface area (Å²) < 4.78 is 0. The molecule has 0 aliphatic heterocycles. The van der Waals surface area contributed by atoms with Gasteiger partial charge in [0.15, 0.2) is 0 Å². The van der Waals surface area contributed by atoms with E-state index in [2.05, 4.69) is 15.8 Å². The second-order valence-corrected chi connectivity index (χ2v) is 5.97. The van der Waals surface area contributed by atoms with Crippen LogP contribution in [-0.2, 0) is 9.59 Å². The number of nitrogens with zero attached hydrogens (tertiary/aromatic N) is 1. The number of carbonyl (C=O) groups is 2. The molecule has 124 valence electrons. The lowest BCUT2D eigenvalue weighted by molar-refractivity contribution is -0.136. The van der Waals surface area contributed by atoms with Gasteiger partial charge in [0, 0.05) is 5.56 Å². The van der Waals surface area contributed by atoms with Gasteiger partial charge < -0.3 is 5.32 Å². The van der Waals surface area contributed by atoms with Gasteiger partial charge in [0.1, 0.15) is 0 Å². The number of benzene rings is 2. The molecule has 0 aromatic heterocycles. The van der Waals surface area contributed by atoms with Crippen molar-refractivity contribution in [2.45, 2.75) is 0 Å². The van der Waals surface area contributed by atoms with Crippen molar-refractivity contribution in [3.8, 4) is 0 Å². The second-order valence-electron chi connectivity index (χ2n) is 4.40. The molecule has 0 aliphatic rings. The van der Waals surface area contributed by atoms with E-state index in [1.807, 2.05) is 0 Å². The molecule has 0 saturated heterocycles. The number of hydrazone groups is 1. The summed E-state index contributed by atoms with van der Waals surface area (Å²) in [6, 6.07) is 9.58. The van der Waals surface area contributed by atoms with Crippen LogP contribution in [-0.4, -0.2) is 18.0 Å². The molecule has 0 fully saturated rings. The van der Waals surface area contributed by atoms with Gasteiger partial charge in [-0.25, -0.2) is 5.43 Å². The molecular formula is C15H9Cl4N3O2. The molecule has 0 radical (unpaired) electrons. The molecule has 2 N–H and O–H groups in total. The van der Waals surface area contributed by atoms with Gasteiger partial charge in [-0.15, -0.1) is 0 Å². The highest BCUT2D eigenvalue weighted by Crippen LogP contribution is 2.29. The van der Waals surface area contributed by atoms with Crippen molar-refractivity contribution in [3.05, 3.63) is 62.1 Å². The Morgan fingerprint density at radius 2 is 1.50 bits per heavy atom. The fraction of sp³-hybridized carbons (Fsp3) is 0. The van der Waals surface area contributed by atoms with E-state index in [0.717, 1.165) is 0 Å². The zero-order valence-electron chi connectivity index (χ0n) is 11.8. The summed E-state index contributed by atoms with van der Waals surface area (Å²) in [5.41, 5.74) is 2.78. The Morgan fingerprint density at radius 1 is 0.875 bits per heavy atom. The van der Waals surface area contributed by atoms with E-state index in [1.54, 1.807) is 30.3 Å². The number of nitrogens with one attached hydrogen (secondary N) is 2. The first-order valence-electron chi connectivity index (χ1n) is 6.42. The van der Waals surface area contributed by atoms with Gasteiger partial charge in [-0.05, 0) is 18.2 Å². The number of hydrogen-bond donors (Lipinski definition) is 2. The first-order valence-corrected chi connectivity index (χ1v) is 7.93. The van der Waals surface area contributed by atoms with E-state index < -0.39 is 11.8 Å². The number of amides is 2. The van der Waals surface area contributed by atoms with Crippen molar-refractivity contribution < 1.29 is 9.59 Å². The largest absolute Gasteiger partial charge is 0.329 e. The van der Waals surface area contributed by atoms with E-state index in [4.69, 9.17) is 46.4 Å². The van der Waals surface area contributed by atoms with E-state index >= 15 is 0 Å². The highest BCUT2D eigenvalue weighted by Gasteiger charge is 2.15. The van der Waals surface area contributed by atoms with Gasteiger partial charge in [-0.1, -0.05) is 64.6 Å². The summed E-state index contributed by atoms with van der Waals surface area (Å²) >= 11 is 23.6. The molecule has 9 heteroatoms. The molecule has 0 saturated carbocycles. The van der Waals surface area contributed by atoms with Crippen LogP contribution in [0.3, 0.4) is 0 Å². The van der Waals surface area contributed by atoms with Gasteiger partial charge >= 0.3 is 11.8 Å². The van der Waals surface area contributed by atoms with E-state index in [1.165, 1.54) is 12.3 Å². The van der Waals surface area contributed by atoms with Crippen molar-refractivity contribution in [3.63, 3.8) is 0 Å². The van der Waals surface area contributed by atoms with Crippen molar-refractivity contribution >= 4 is 70.1 Å². The Bertz CT molecular complexity index is 824. The number of hydrogen-bond acceptors (Lipinski definition) is 3. The number of halogens is 4. The third-order valence-corrected chi connectivity index (χ3v) is 4.41. The summed E-state index contributed by atoms with van der Waals surface area (Å²) in [4.78, 5) is 23.5. The molecular weight excluding hydrogens is 396 g/mol. The SMILES string of the molecule is O=C(N/N=C\c1cccc(Cl)c1Cl)C(=O)Nc1cccc(Cl)c1Cl. The summed E-state index contributed by atoms with van der Waals surface area (Å²) in [5.74, 6) is -1.94. The van der Waals surface area contributed by atoms with Gasteiger partial charge in [0.25, 0.3) is 0 Å². The lowest BCUT2D eigenvalue weighted by atomic mass is 10.2. The van der Waals surface area contributed by atoms with Crippen LogP contribution < -0.4 is 10.7 Å². The van der Waals surface area contributed by atoms with Crippen LogP contribution in [0.25, 0.3) is 0 Å². The monoisotopic (exact) mass is 403 g/mol. The highest BCUT2D eigenvalue weighted by molar-refractivity contribution is 6.46. The van der Waals surface area contributed by atoms with Crippen LogP contribution in [0.1, 0.15) is 5.56 Å². The van der Waals surface area contributed by atoms with Crippen LogP contribution in [0.5, 0.6) is 0 Å². The average Bonchev–Trinajstić information content (AvgIpc) is 2.55. The van der Waals surface area contributed by atoms with Gasteiger partial charge in [0.2, 0.25) is 0 Å². The van der Waals surface area contributed by atoms with Crippen LogP contribution in [0.2, 0.25) is 20.1 Å². The fourth-order valence-corrected chi connectivity index (χ4v) is 2.32. The second kappa shape index (κ2) is 8.35. The summed E-state index contributed by atoms with van der Waals surface area (Å²) in [6.45, 7) is 0. The molecule has 0 atom stereocenters. The Kier molecular flexibility index (Phi) is 6.45. The Balaban J connectivity index is 1.99. The molecule has 2 amide bonds. The zero-order chi connectivity index (χ0) is 17.7. The van der Waals surface area contributed by atoms with Crippen LogP contribution >= 0.6 is 46.4 Å². The normalized spacial score (nSPS) is 10.7. The van der Waals surface area contributed by atoms with Crippen LogP contribution in [0.4, 0.5) is 5.69 Å². The van der Waals surface area contributed by atoms with Crippen molar-refractivity contribution in [1.29, 1.82) is 0 Å².